The Bertz CT molecular complexity index is 1230. The number of carbonyl (C=O) groups excluding carboxylic acids is 2. The molecule has 2 aromatic rings. The summed E-state index contributed by atoms with van der Waals surface area (Å²) in [4.78, 5) is 36.4. The van der Waals surface area contributed by atoms with Crippen LogP contribution in [0.1, 0.15) is 64.1 Å². The average Bonchev–Trinajstić information content (AvgIpc) is 3.32. The van der Waals surface area contributed by atoms with Crippen LogP contribution in [-0.4, -0.2) is 82.7 Å². The number of halogens is 2. The molecule has 3 aliphatic heterocycles. The maximum Gasteiger partial charge on any atom is 0.272 e. The lowest BCUT2D eigenvalue weighted by atomic mass is 9.74. The van der Waals surface area contributed by atoms with E-state index in [0.29, 0.717) is 69.5 Å². The van der Waals surface area contributed by atoms with Crippen molar-refractivity contribution in [2.24, 2.45) is 0 Å². The zero-order valence-corrected chi connectivity index (χ0v) is 21.7. The van der Waals surface area contributed by atoms with E-state index in [2.05, 4.69) is 11.1 Å². The van der Waals surface area contributed by atoms with Crippen LogP contribution >= 0.6 is 0 Å². The highest BCUT2D eigenvalue weighted by molar-refractivity contribution is 5.99. The number of carbonyl (C=O) groups is 2. The molecule has 0 saturated carbocycles. The molecule has 200 valence electrons. The molecule has 0 bridgehead atoms. The first-order chi connectivity index (χ1) is 18.2. The van der Waals surface area contributed by atoms with Gasteiger partial charge in [-0.05, 0) is 49.8 Å². The molecule has 0 aliphatic carbocycles. The van der Waals surface area contributed by atoms with Crippen molar-refractivity contribution in [2.45, 2.75) is 56.4 Å². The summed E-state index contributed by atoms with van der Waals surface area (Å²) in [6.07, 6.45) is 3.86. The van der Waals surface area contributed by atoms with E-state index < -0.39 is 11.3 Å². The van der Waals surface area contributed by atoms with E-state index in [0.717, 1.165) is 5.56 Å². The largest absolute Gasteiger partial charge is 0.339 e. The van der Waals surface area contributed by atoms with E-state index in [1.54, 1.807) is 29.0 Å². The van der Waals surface area contributed by atoms with E-state index in [4.69, 9.17) is 0 Å². The third kappa shape index (κ3) is 5.14. The van der Waals surface area contributed by atoms with Crippen LogP contribution in [0.25, 0.3) is 0 Å². The van der Waals surface area contributed by atoms with Gasteiger partial charge in [-0.1, -0.05) is 30.3 Å². The number of likely N-dealkylation sites (tertiary alicyclic amines) is 3. The number of hydrogen-bond donors (Lipinski definition) is 0. The number of aryl methyl sites for hydroxylation is 1. The Morgan fingerprint density at radius 1 is 0.974 bits per heavy atom. The molecule has 0 radical (unpaired) electrons. The molecule has 38 heavy (non-hydrogen) atoms. The first kappa shape index (κ1) is 26.2. The van der Waals surface area contributed by atoms with Crippen LogP contribution in [0, 0.1) is 18.3 Å². The molecule has 7 nitrogen and oxygen atoms in total. The minimum absolute atomic E-state index is 0.0682. The summed E-state index contributed by atoms with van der Waals surface area (Å²) in [5.41, 5.74) is 1.72. The van der Waals surface area contributed by atoms with Gasteiger partial charge < -0.3 is 9.80 Å². The molecule has 3 saturated heterocycles. The fraction of sp³-hybridized carbons (Fsp3) is 0.517. The van der Waals surface area contributed by atoms with Gasteiger partial charge in [0.05, 0.1) is 18.0 Å². The van der Waals surface area contributed by atoms with Gasteiger partial charge in [-0.2, -0.15) is 5.26 Å². The second-order valence-electron chi connectivity index (χ2n) is 10.8. The Labute approximate surface area is 222 Å². The van der Waals surface area contributed by atoms with Crippen molar-refractivity contribution < 1.29 is 18.4 Å². The van der Waals surface area contributed by atoms with E-state index in [1.807, 2.05) is 35.2 Å². The van der Waals surface area contributed by atoms with Gasteiger partial charge >= 0.3 is 0 Å². The van der Waals surface area contributed by atoms with E-state index in [9.17, 15) is 23.6 Å². The van der Waals surface area contributed by atoms with E-state index in [1.165, 1.54) is 0 Å². The number of rotatable bonds is 4. The van der Waals surface area contributed by atoms with Crippen LogP contribution in [0.3, 0.4) is 0 Å². The third-order valence-corrected chi connectivity index (χ3v) is 8.46. The lowest BCUT2D eigenvalue weighted by molar-refractivity contribution is 0.00326. The molecule has 0 unspecified atom stereocenters. The first-order valence-corrected chi connectivity index (χ1v) is 13.4. The number of piperidine rings is 2. The molecular formula is C29H33F2N5O2. The van der Waals surface area contributed by atoms with Crippen LogP contribution in [0.15, 0.2) is 42.6 Å². The Morgan fingerprint density at radius 2 is 1.63 bits per heavy atom. The topological polar surface area (TPSA) is 80.5 Å². The average molecular weight is 522 g/mol. The fourth-order valence-electron chi connectivity index (χ4n) is 6.03. The van der Waals surface area contributed by atoms with Crippen molar-refractivity contribution in [3.8, 4) is 6.07 Å². The molecule has 3 fully saturated rings. The zero-order valence-electron chi connectivity index (χ0n) is 21.7. The molecule has 0 atom stereocenters. The maximum absolute atomic E-state index is 13.6. The van der Waals surface area contributed by atoms with Crippen molar-refractivity contribution in [1.82, 2.24) is 19.7 Å². The number of nitrogens with zero attached hydrogens (tertiary/aromatic N) is 5. The highest BCUT2D eigenvalue weighted by Gasteiger charge is 2.42. The second-order valence-corrected chi connectivity index (χ2v) is 10.8. The van der Waals surface area contributed by atoms with Crippen molar-refractivity contribution in [3.63, 3.8) is 0 Å². The summed E-state index contributed by atoms with van der Waals surface area (Å²) in [6.45, 7) is 3.87. The minimum Gasteiger partial charge on any atom is -0.339 e. The molecule has 1 aromatic carbocycles. The van der Waals surface area contributed by atoms with Gasteiger partial charge in [-0.3, -0.25) is 19.5 Å². The number of hydrogen-bond acceptors (Lipinski definition) is 5. The van der Waals surface area contributed by atoms with Gasteiger partial charge in [0.1, 0.15) is 5.69 Å². The Kier molecular flexibility index (Phi) is 7.19. The molecule has 0 spiro atoms. The van der Waals surface area contributed by atoms with E-state index in [-0.39, 0.29) is 36.5 Å². The zero-order chi connectivity index (χ0) is 26.9. The summed E-state index contributed by atoms with van der Waals surface area (Å²) in [7, 11) is 0. The normalized spacial score (nSPS) is 21.7. The molecule has 3 aliphatic rings. The van der Waals surface area contributed by atoms with Crippen LogP contribution in [0.5, 0.6) is 0 Å². The lowest BCUT2D eigenvalue weighted by Gasteiger charge is -2.37. The molecule has 4 heterocycles. The van der Waals surface area contributed by atoms with Crippen LogP contribution < -0.4 is 0 Å². The standard InChI is InChI=1S/C29H33F2N5O2/c1-21-18-33-25(27(38)35-14-9-28(19-32,10-15-35)22-5-3-2-4-6-22)17-24(21)26(37)34-12-7-23(8-13-34)36-16-11-29(30,31)20-36/h2-6,17-18,23H,7-16,20H2,1H3. The highest BCUT2D eigenvalue weighted by atomic mass is 19.3. The summed E-state index contributed by atoms with van der Waals surface area (Å²) in [6, 6.07) is 13.8. The molecule has 2 amide bonds. The number of pyridine rings is 1. The monoisotopic (exact) mass is 521 g/mol. The Morgan fingerprint density at radius 3 is 2.24 bits per heavy atom. The molecule has 1 aromatic heterocycles. The summed E-state index contributed by atoms with van der Waals surface area (Å²) in [5.74, 6) is -3.02. The second kappa shape index (κ2) is 10.4. The predicted molar refractivity (Wildman–Crippen MR) is 138 cm³/mol. The van der Waals surface area contributed by atoms with Gasteiger partial charge in [0.2, 0.25) is 0 Å². The van der Waals surface area contributed by atoms with Crippen molar-refractivity contribution >= 4 is 11.8 Å². The maximum atomic E-state index is 13.6. The van der Waals surface area contributed by atoms with Gasteiger partial charge in [-0.25, -0.2) is 8.78 Å². The van der Waals surface area contributed by atoms with Gasteiger partial charge in [0, 0.05) is 56.9 Å². The van der Waals surface area contributed by atoms with Gasteiger partial charge in [0.15, 0.2) is 0 Å². The summed E-state index contributed by atoms with van der Waals surface area (Å²) >= 11 is 0. The van der Waals surface area contributed by atoms with Crippen LogP contribution in [-0.2, 0) is 5.41 Å². The number of alkyl halides is 2. The number of aromatic nitrogens is 1. The summed E-state index contributed by atoms with van der Waals surface area (Å²) < 4.78 is 27.3. The Balaban J connectivity index is 1.23. The van der Waals surface area contributed by atoms with Crippen molar-refractivity contribution in [2.75, 3.05) is 39.3 Å². The SMILES string of the molecule is Cc1cnc(C(=O)N2CCC(C#N)(c3ccccc3)CC2)cc1C(=O)N1CCC(N2CCC(F)(F)C2)CC1. The number of benzene rings is 1. The lowest BCUT2D eigenvalue weighted by Crippen LogP contribution is -2.47. The molecule has 9 heteroatoms. The highest BCUT2D eigenvalue weighted by Crippen LogP contribution is 2.35. The molecular weight excluding hydrogens is 488 g/mol. The van der Waals surface area contributed by atoms with Crippen LogP contribution in [0.2, 0.25) is 0 Å². The Hall–Kier alpha value is -3.38. The van der Waals surface area contributed by atoms with E-state index >= 15 is 0 Å². The third-order valence-electron chi connectivity index (χ3n) is 8.46. The fourth-order valence-corrected chi connectivity index (χ4v) is 6.03. The first-order valence-electron chi connectivity index (χ1n) is 13.4. The molecule has 0 N–H and O–H groups in total. The smallest absolute Gasteiger partial charge is 0.272 e. The van der Waals surface area contributed by atoms with Crippen molar-refractivity contribution in [3.05, 3.63) is 65.0 Å². The molecule has 5 rings (SSSR count). The number of nitriles is 1. The number of amides is 2. The van der Waals surface area contributed by atoms with Crippen molar-refractivity contribution in [1.29, 1.82) is 5.26 Å². The van der Waals surface area contributed by atoms with Crippen LogP contribution in [0.4, 0.5) is 8.78 Å². The summed E-state index contributed by atoms with van der Waals surface area (Å²) in [5, 5.41) is 9.95. The quantitative estimate of drug-likeness (QED) is 0.607. The minimum atomic E-state index is -2.62. The van der Waals surface area contributed by atoms with Gasteiger partial charge in [0.25, 0.3) is 17.7 Å². The van der Waals surface area contributed by atoms with Gasteiger partial charge in [-0.15, -0.1) is 0 Å². The predicted octanol–water partition coefficient (Wildman–Crippen LogP) is 4.03.